The highest BCUT2D eigenvalue weighted by atomic mass is 32.2. The highest BCUT2D eigenvalue weighted by molar-refractivity contribution is 8.15. The number of carbonyl (C=O) groups is 3. The number of hydrogen-bond acceptors (Lipinski definition) is 5. The molecule has 0 spiro atoms. The first kappa shape index (κ1) is 21.6. The van der Waals surface area contributed by atoms with E-state index in [1.54, 1.807) is 24.3 Å². The Labute approximate surface area is 174 Å². The van der Waals surface area contributed by atoms with Crippen LogP contribution >= 0.6 is 11.8 Å². The summed E-state index contributed by atoms with van der Waals surface area (Å²) in [6, 6.07) is 11.0. The van der Waals surface area contributed by atoms with Crippen LogP contribution in [0.3, 0.4) is 0 Å². The Bertz CT molecular complexity index is 1020. The van der Waals surface area contributed by atoms with Crippen LogP contribution in [0.15, 0.2) is 53.5 Å². The number of ketones is 1. The normalized spacial score (nSPS) is 17.7. The average molecular weight is 435 g/mol. The highest BCUT2D eigenvalue weighted by Gasteiger charge is 2.35. The van der Waals surface area contributed by atoms with Gasteiger partial charge >= 0.3 is 6.18 Å². The number of thioether (sulfide) groups is 1. The molecule has 0 bridgehead atoms. The van der Waals surface area contributed by atoms with Crippen molar-refractivity contribution in [2.75, 3.05) is 5.32 Å². The molecule has 1 atom stereocenters. The number of rotatable bonds is 5. The van der Waals surface area contributed by atoms with Gasteiger partial charge in [0.1, 0.15) is 5.25 Å². The minimum absolute atomic E-state index is 0.000288. The molecule has 1 heterocycles. The molecule has 2 aromatic rings. The molecular formula is C20H16F3N3O3S. The van der Waals surface area contributed by atoms with Gasteiger partial charge in [-0.2, -0.15) is 13.2 Å². The molecule has 30 heavy (non-hydrogen) atoms. The van der Waals surface area contributed by atoms with Crippen LogP contribution in [0.25, 0.3) is 0 Å². The van der Waals surface area contributed by atoms with E-state index in [9.17, 15) is 27.6 Å². The summed E-state index contributed by atoms with van der Waals surface area (Å²) in [4.78, 5) is 39.5. The number of carbonyl (C=O) groups excluding carboxylic acids is 3. The number of anilines is 1. The number of amides is 2. The third kappa shape index (κ3) is 5.26. The van der Waals surface area contributed by atoms with Gasteiger partial charge in [0.15, 0.2) is 11.0 Å². The molecule has 2 aromatic carbocycles. The van der Waals surface area contributed by atoms with E-state index in [4.69, 9.17) is 0 Å². The molecular weight excluding hydrogens is 419 g/mol. The molecule has 2 amide bonds. The van der Waals surface area contributed by atoms with E-state index in [0.717, 1.165) is 17.8 Å². The van der Waals surface area contributed by atoms with Crippen LogP contribution in [0, 0.1) is 0 Å². The molecule has 1 unspecified atom stereocenters. The van der Waals surface area contributed by atoms with E-state index < -0.39 is 28.8 Å². The molecule has 0 radical (unpaired) electrons. The van der Waals surface area contributed by atoms with Gasteiger partial charge < -0.3 is 10.6 Å². The lowest BCUT2D eigenvalue weighted by Gasteiger charge is -2.09. The van der Waals surface area contributed by atoms with Gasteiger partial charge in [-0.15, -0.1) is 0 Å². The molecule has 2 N–H and O–H groups in total. The van der Waals surface area contributed by atoms with Crippen molar-refractivity contribution in [1.82, 2.24) is 5.32 Å². The van der Waals surface area contributed by atoms with Crippen LogP contribution < -0.4 is 10.6 Å². The number of aliphatic imine (C=N–C) groups is 1. The Morgan fingerprint density at radius 1 is 1.13 bits per heavy atom. The van der Waals surface area contributed by atoms with Gasteiger partial charge in [0.25, 0.3) is 0 Å². The molecule has 0 aliphatic carbocycles. The van der Waals surface area contributed by atoms with Gasteiger partial charge in [0.05, 0.1) is 11.3 Å². The van der Waals surface area contributed by atoms with Gasteiger partial charge in [0, 0.05) is 17.7 Å². The van der Waals surface area contributed by atoms with Crippen LogP contribution in [0.4, 0.5) is 24.5 Å². The summed E-state index contributed by atoms with van der Waals surface area (Å²) in [6.45, 7) is 1.43. The van der Waals surface area contributed by atoms with Crippen molar-refractivity contribution < 1.29 is 27.6 Å². The molecule has 1 fully saturated rings. The van der Waals surface area contributed by atoms with Crippen molar-refractivity contribution in [2.24, 2.45) is 4.99 Å². The van der Waals surface area contributed by atoms with Gasteiger partial charge in [0.2, 0.25) is 11.8 Å². The number of benzene rings is 2. The molecule has 1 aliphatic rings. The fraction of sp³-hybridized carbons (Fsp3) is 0.200. The summed E-state index contributed by atoms with van der Waals surface area (Å²) in [6.07, 6.45) is -4.77. The van der Waals surface area contributed by atoms with Crippen molar-refractivity contribution in [2.45, 2.75) is 24.8 Å². The molecule has 1 saturated heterocycles. The number of nitrogens with zero attached hydrogens (tertiary/aromatic N) is 1. The first-order valence-corrected chi connectivity index (χ1v) is 9.65. The third-order valence-corrected chi connectivity index (χ3v) is 5.24. The fourth-order valence-corrected chi connectivity index (χ4v) is 3.66. The largest absolute Gasteiger partial charge is 0.418 e. The average Bonchev–Trinajstić information content (AvgIpc) is 3.00. The lowest BCUT2D eigenvalue weighted by atomic mass is 10.1. The minimum atomic E-state index is -4.58. The zero-order chi connectivity index (χ0) is 21.9. The monoisotopic (exact) mass is 435 g/mol. The number of Topliss-reactive ketones (excluding diaryl/α,β-unsaturated/α-hetero) is 1. The van der Waals surface area contributed by atoms with E-state index in [1.807, 2.05) is 0 Å². The Morgan fingerprint density at radius 2 is 1.80 bits per heavy atom. The predicted octanol–water partition coefficient (Wildman–Crippen LogP) is 4.16. The maximum Gasteiger partial charge on any atom is 0.418 e. The number of alkyl halides is 3. The zero-order valence-corrected chi connectivity index (χ0v) is 16.4. The lowest BCUT2D eigenvalue weighted by molar-refractivity contribution is -0.137. The smallest absolute Gasteiger partial charge is 0.326 e. The topological polar surface area (TPSA) is 87.6 Å². The third-order valence-electron chi connectivity index (χ3n) is 4.15. The van der Waals surface area contributed by atoms with Crippen molar-refractivity contribution >= 4 is 45.9 Å². The number of para-hydroxylation sites is 1. The zero-order valence-electron chi connectivity index (χ0n) is 15.6. The molecule has 6 nitrogen and oxygen atoms in total. The molecule has 0 aromatic heterocycles. The van der Waals surface area contributed by atoms with E-state index >= 15 is 0 Å². The fourth-order valence-electron chi connectivity index (χ4n) is 2.68. The summed E-state index contributed by atoms with van der Waals surface area (Å²) >= 11 is 0.895. The first-order chi connectivity index (χ1) is 14.1. The van der Waals surface area contributed by atoms with E-state index in [1.165, 1.54) is 25.1 Å². The summed E-state index contributed by atoms with van der Waals surface area (Å²) in [5.74, 6) is -1.06. The maximum absolute atomic E-state index is 13.1. The minimum Gasteiger partial charge on any atom is -0.326 e. The second-order valence-electron chi connectivity index (χ2n) is 6.41. The Hall–Kier alpha value is -3.14. The molecule has 0 saturated carbocycles. The number of hydrogen-bond donors (Lipinski definition) is 2. The number of nitrogens with one attached hydrogen (secondary N) is 2. The number of amidine groups is 1. The second kappa shape index (κ2) is 8.70. The van der Waals surface area contributed by atoms with Crippen LogP contribution in [0.2, 0.25) is 0 Å². The van der Waals surface area contributed by atoms with Crippen molar-refractivity contribution in [3.05, 3.63) is 59.7 Å². The molecule has 1 aliphatic heterocycles. The summed E-state index contributed by atoms with van der Waals surface area (Å²) in [5, 5.41) is 4.21. The summed E-state index contributed by atoms with van der Waals surface area (Å²) in [7, 11) is 0. The number of halogens is 3. The molecule has 3 rings (SSSR count). The van der Waals surface area contributed by atoms with Crippen molar-refractivity contribution in [3.8, 4) is 0 Å². The van der Waals surface area contributed by atoms with E-state index in [2.05, 4.69) is 15.6 Å². The Balaban J connectivity index is 1.65. The van der Waals surface area contributed by atoms with Gasteiger partial charge in [-0.3, -0.25) is 14.4 Å². The summed E-state index contributed by atoms with van der Waals surface area (Å²) < 4.78 is 39.3. The summed E-state index contributed by atoms with van der Waals surface area (Å²) in [5.41, 5.74) is -0.272. The first-order valence-electron chi connectivity index (χ1n) is 8.77. The Kier molecular flexibility index (Phi) is 6.25. The standard InChI is InChI=1S/C20H16F3N3O3S/c1-11(27)12-6-8-13(9-7-12)24-17(28)10-16-18(29)26-19(30-16)25-15-5-3-2-4-14(15)20(21,22)23/h2-9,16H,10H2,1H3,(H,24,28)(H,25,26,29). The van der Waals surface area contributed by atoms with Gasteiger partial charge in [-0.25, -0.2) is 4.99 Å². The highest BCUT2D eigenvalue weighted by Crippen LogP contribution is 2.37. The van der Waals surface area contributed by atoms with E-state index in [-0.39, 0.29) is 23.1 Å². The van der Waals surface area contributed by atoms with E-state index in [0.29, 0.717) is 11.3 Å². The van der Waals surface area contributed by atoms with Gasteiger partial charge in [-0.05, 0) is 43.3 Å². The molecule has 10 heteroatoms. The van der Waals surface area contributed by atoms with Crippen LogP contribution in [0.5, 0.6) is 0 Å². The van der Waals surface area contributed by atoms with Crippen molar-refractivity contribution in [1.29, 1.82) is 0 Å². The van der Waals surface area contributed by atoms with Crippen molar-refractivity contribution in [3.63, 3.8) is 0 Å². The van der Waals surface area contributed by atoms with Gasteiger partial charge in [-0.1, -0.05) is 23.9 Å². The maximum atomic E-state index is 13.1. The SMILES string of the molecule is CC(=O)c1ccc(NC(=O)CC2SC(=Nc3ccccc3C(F)(F)F)NC2=O)cc1. The molecule has 156 valence electrons. The Morgan fingerprint density at radius 3 is 2.43 bits per heavy atom. The predicted molar refractivity (Wildman–Crippen MR) is 108 cm³/mol. The second-order valence-corrected chi connectivity index (χ2v) is 7.60. The lowest BCUT2D eigenvalue weighted by Crippen LogP contribution is -2.28. The quantitative estimate of drug-likeness (QED) is 0.691. The van der Waals surface area contributed by atoms with Crippen LogP contribution in [-0.4, -0.2) is 28.0 Å². The van der Waals surface area contributed by atoms with Crippen LogP contribution in [-0.2, 0) is 15.8 Å². The van der Waals surface area contributed by atoms with Crippen LogP contribution in [0.1, 0.15) is 29.3 Å².